The maximum absolute atomic E-state index is 12.6. The van der Waals surface area contributed by atoms with Crippen molar-refractivity contribution in [2.45, 2.75) is 52.6 Å². The molecule has 6 bridgehead atoms. The van der Waals surface area contributed by atoms with Crippen LogP contribution in [-0.2, 0) is 25.4 Å². The van der Waals surface area contributed by atoms with Crippen LogP contribution in [0.3, 0.4) is 0 Å². The highest BCUT2D eigenvalue weighted by Gasteiger charge is 2.33. The van der Waals surface area contributed by atoms with Gasteiger partial charge in [0.2, 0.25) is 0 Å². The summed E-state index contributed by atoms with van der Waals surface area (Å²) in [7, 11) is 1.45. The average Bonchev–Trinajstić information content (AvgIpc) is 3.46. The van der Waals surface area contributed by atoms with Crippen LogP contribution in [0.1, 0.15) is 42.0 Å². The number of rotatable bonds is 2. The van der Waals surface area contributed by atoms with Crippen molar-refractivity contribution in [3.05, 3.63) is 70.9 Å². The summed E-state index contributed by atoms with van der Waals surface area (Å²) in [5, 5.41) is 0. The van der Waals surface area contributed by atoms with Gasteiger partial charge in [0.05, 0.1) is 44.6 Å². The van der Waals surface area contributed by atoms with Gasteiger partial charge in [-0.3, -0.25) is 9.20 Å². The molecule has 3 aliphatic rings. The molecule has 43 heavy (non-hydrogen) atoms. The van der Waals surface area contributed by atoms with E-state index in [1.165, 1.54) is 7.11 Å². The highest BCUT2D eigenvalue weighted by atomic mass is 16.6. The van der Waals surface area contributed by atoms with Gasteiger partial charge in [-0.05, 0) is 75.4 Å². The van der Waals surface area contributed by atoms with E-state index in [1.807, 2.05) is 6.07 Å². The number of esters is 1. The summed E-state index contributed by atoms with van der Waals surface area (Å²) in [6, 6.07) is 14.7. The molecular formula is C35H41N3O5. The number of carbonyl (C=O) groups excluding carboxylic acids is 1. The number of imidazole rings is 1. The van der Waals surface area contributed by atoms with Gasteiger partial charge in [-0.2, -0.15) is 0 Å². The first-order chi connectivity index (χ1) is 20.8. The minimum atomic E-state index is -0.251. The molecule has 8 nitrogen and oxygen atoms in total. The summed E-state index contributed by atoms with van der Waals surface area (Å²) >= 11 is 0. The topological polar surface area (TPSA) is 74.5 Å². The molecule has 3 aliphatic heterocycles. The molecule has 226 valence electrons. The van der Waals surface area contributed by atoms with E-state index in [2.05, 4.69) is 79.6 Å². The Morgan fingerprint density at radius 2 is 1.74 bits per heavy atom. The van der Waals surface area contributed by atoms with E-state index in [4.69, 9.17) is 23.9 Å². The molecule has 1 saturated heterocycles. The quantitative estimate of drug-likeness (QED) is 0.209. The number of aryl methyl sites for hydroxylation is 2. The van der Waals surface area contributed by atoms with Crippen molar-refractivity contribution < 1.29 is 23.7 Å². The Morgan fingerprint density at radius 3 is 2.53 bits per heavy atom. The molecule has 5 heterocycles. The molecule has 0 spiro atoms. The number of fused-ring (bicyclic) bond motifs is 8. The van der Waals surface area contributed by atoms with Crippen molar-refractivity contribution in [2.75, 3.05) is 51.5 Å². The first-order valence-corrected chi connectivity index (χ1v) is 15.2. The van der Waals surface area contributed by atoms with Crippen LogP contribution in [0.2, 0.25) is 0 Å². The fourth-order valence-electron chi connectivity index (χ4n) is 6.26. The SMILES string of the molecule is COC(=O)Cc1c(C)c(C)c2nc3cn2c1N1CCC(C)(CC1)OCCOCCOc1ccc(C)cc1-c1cccc-3c1. The van der Waals surface area contributed by atoms with Gasteiger partial charge < -0.3 is 23.8 Å². The number of benzene rings is 2. The van der Waals surface area contributed by atoms with E-state index in [1.54, 1.807) is 0 Å². The lowest BCUT2D eigenvalue weighted by molar-refractivity contribution is -0.139. The van der Waals surface area contributed by atoms with E-state index >= 15 is 0 Å². The largest absolute Gasteiger partial charge is 0.491 e. The monoisotopic (exact) mass is 583 g/mol. The first-order valence-electron chi connectivity index (χ1n) is 15.2. The Labute approximate surface area is 253 Å². The molecule has 1 fully saturated rings. The van der Waals surface area contributed by atoms with Crippen LogP contribution in [0, 0.1) is 20.8 Å². The Hall–Kier alpha value is -3.88. The van der Waals surface area contributed by atoms with E-state index < -0.39 is 0 Å². The maximum atomic E-state index is 12.6. The normalized spacial score (nSPS) is 17.0. The number of piperidine rings is 1. The zero-order chi connectivity index (χ0) is 30.1. The number of ether oxygens (including phenoxy) is 4. The van der Waals surface area contributed by atoms with Crippen molar-refractivity contribution in [2.24, 2.45) is 0 Å². The Kier molecular flexibility index (Phi) is 8.16. The predicted octanol–water partition coefficient (Wildman–Crippen LogP) is 6.09. The van der Waals surface area contributed by atoms with E-state index in [-0.39, 0.29) is 18.0 Å². The second-order valence-corrected chi connectivity index (χ2v) is 12.0. The Bertz CT molecular complexity index is 1650. The third-order valence-corrected chi connectivity index (χ3v) is 8.99. The van der Waals surface area contributed by atoms with Crippen molar-refractivity contribution in [3.8, 4) is 28.1 Å². The molecule has 2 aromatic carbocycles. The van der Waals surface area contributed by atoms with Gasteiger partial charge in [-0.15, -0.1) is 0 Å². The van der Waals surface area contributed by atoms with Gasteiger partial charge >= 0.3 is 5.97 Å². The molecule has 4 aromatic rings. The molecule has 7 rings (SSSR count). The number of aromatic nitrogens is 2. The standard InChI is InChI=1S/C35H41N3O5/c1-23-9-10-31-29(19-23)26-7-6-8-27(20-26)30-22-38-33(36-30)25(3)24(2)28(21-32(39)40-5)34(38)37-13-11-35(4,12-14-37)43-18-16-41-15-17-42-31/h6-10,19-20,22H,11-18,21H2,1-5H3. The van der Waals surface area contributed by atoms with Gasteiger partial charge in [-0.1, -0.05) is 29.8 Å². The number of pyridine rings is 1. The number of nitrogens with zero attached hydrogens (tertiary/aromatic N) is 3. The zero-order valence-corrected chi connectivity index (χ0v) is 25.9. The number of hydrogen-bond acceptors (Lipinski definition) is 7. The summed E-state index contributed by atoms with van der Waals surface area (Å²) in [6.07, 6.45) is 4.05. The molecule has 0 atom stereocenters. The van der Waals surface area contributed by atoms with Crippen LogP contribution in [0.15, 0.2) is 48.7 Å². The molecule has 0 N–H and O–H groups in total. The summed E-state index contributed by atoms with van der Waals surface area (Å²) in [4.78, 5) is 20.2. The maximum Gasteiger partial charge on any atom is 0.310 e. The van der Waals surface area contributed by atoms with Gasteiger partial charge in [0, 0.05) is 36.0 Å². The molecule has 2 aromatic heterocycles. The molecular weight excluding hydrogens is 542 g/mol. The van der Waals surface area contributed by atoms with Gasteiger partial charge in [-0.25, -0.2) is 4.98 Å². The summed E-state index contributed by atoms with van der Waals surface area (Å²) in [5.74, 6) is 1.58. The lowest BCUT2D eigenvalue weighted by atomic mass is 9.92. The van der Waals surface area contributed by atoms with Crippen LogP contribution in [0.4, 0.5) is 5.82 Å². The molecule has 0 radical (unpaired) electrons. The molecule has 0 unspecified atom stereocenters. The first kappa shape index (κ1) is 29.2. The van der Waals surface area contributed by atoms with Crippen molar-refractivity contribution in [3.63, 3.8) is 0 Å². The van der Waals surface area contributed by atoms with Crippen LogP contribution in [-0.4, -0.2) is 67.6 Å². The lowest BCUT2D eigenvalue weighted by Crippen LogP contribution is -2.45. The van der Waals surface area contributed by atoms with E-state index in [0.717, 1.165) is 87.8 Å². The summed E-state index contributed by atoms with van der Waals surface area (Å²) in [6.45, 7) is 12.1. The fraction of sp³-hybridized carbons (Fsp3) is 0.429. The van der Waals surface area contributed by atoms with Crippen LogP contribution in [0.5, 0.6) is 5.75 Å². The molecule has 0 aliphatic carbocycles. The van der Waals surface area contributed by atoms with Crippen molar-refractivity contribution in [1.82, 2.24) is 9.38 Å². The predicted molar refractivity (Wildman–Crippen MR) is 168 cm³/mol. The smallest absolute Gasteiger partial charge is 0.310 e. The average molecular weight is 584 g/mol. The summed E-state index contributed by atoms with van der Waals surface area (Å²) < 4.78 is 25.8. The summed E-state index contributed by atoms with van der Waals surface area (Å²) in [5.41, 5.74) is 8.92. The third-order valence-electron chi connectivity index (χ3n) is 8.99. The highest BCUT2D eigenvalue weighted by molar-refractivity contribution is 5.80. The van der Waals surface area contributed by atoms with Gasteiger partial charge in [0.25, 0.3) is 0 Å². The molecule has 0 amide bonds. The van der Waals surface area contributed by atoms with Crippen LogP contribution >= 0.6 is 0 Å². The molecule has 0 saturated carbocycles. The molecule has 8 heteroatoms. The number of anilines is 1. The van der Waals surface area contributed by atoms with Crippen LogP contribution in [0.25, 0.3) is 28.0 Å². The highest BCUT2D eigenvalue weighted by Crippen LogP contribution is 2.38. The number of methoxy groups -OCH3 is 1. The van der Waals surface area contributed by atoms with Crippen molar-refractivity contribution in [1.29, 1.82) is 0 Å². The van der Waals surface area contributed by atoms with Crippen LogP contribution < -0.4 is 9.64 Å². The number of hydrogen-bond donors (Lipinski definition) is 0. The van der Waals surface area contributed by atoms with E-state index in [0.29, 0.717) is 26.4 Å². The Morgan fingerprint density at radius 1 is 0.977 bits per heavy atom. The Balaban J connectivity index is 1.52. The van der Waals surface area contributed by atoms with E-state index in [9.17, 15) is 4.79 Å². The van der Waals surface area contributed by atoms with Crippen molar-refractivity contribution >= 4 is 17.4 Å². The fourth-order valence-corrected chi connectivity index (χ4v) is 6.26. The zero-order valence-electron chi connectivity index (χ0n) is 25.9. The minimum Gasteiger partial charge on any atom is -0.491 e. The van der Waals surface area contributed by atoms with Gasteiger partial charge in [0.15, 0.2) is 0 Å². The lowest BCUT2D eigenvalue weighted by Gasteiger charge is -2.41. The third kappa shape index (κ3) is 5.86. The minimum absolute atomic E-state index is 0.204. The number of carbonyl (C=O) groups is 1. The van der Waals surface area contributed by atoms with Gasteiger partial charge in [0.1, 0.15) is 23.8 Å². The second kappa shape index (κ2) is 12.0. The second-order valence-electron chi connectivity index (χ2n) is 12.0.